The maximum Gasteiger partial charge on any atom is 0.135 e. The normalized spacial score (nSPS) is 11.7. The van der Waals surface area contributed by atoms with Gasteiger partial charge in [-0.3, -0.25) is 0 Å². The lowest BCUT2D eigenvalue weighted by Crippen LogP contribution is -2.11. The molecule has 0 unspecified atom stereocenters. The molecular weight excluding hydrogens is 615 g/mol. The lowest BCUT2D eigenvalue weighted by Gasteiger charge is -2.29. The first kappa shape index (κ1) is 27.9. The summed E-state index contributed by atoms with van der Waals surface area (Å²) in [5, 5.41) is 7.27. The summed E-state index contributed by atoms with van der Waals surface area (Å²) < 4.78 is 8.84. The SMILES string of the molecule is c1cc(-c2ccccc2N(c2ccc3oc4ccccc4c3c2)c2cccc3sc4ccccc4c23)cc(-c2cccc3ccccc23)c1. The summed E-state index contributed by atoms with van der Waals surface area (Å²) in [6.45, 7) is 0. The largest absolute Gasteiger partial charge is 0.456 e. The number of thiophene rings is 1. The van der Waals surface area contributed by atoms with Crippen molar-refractivity contribution in [3.8, 4) is 22.3 Å². The smallest absolute Gasteiger partial charge is 0.135 e. The molecule has 10 rings (SSSR count). The standard InChI is InChI=1S/C46H29NOS/c1-2-16-34-30(12-1)13-10-20-35(34)31-14-9-15-32(28-31)36-17-3-6-21-40(36)47(33-26-27-43-39(29-33)37-18-4-7-23-42(37)48-43)41-22-11-25-45-46(41)38-19-5-8-24-44(38)49-45/h1-29H. The quantitative estimate of drug-likeness (QED) is 0.186. The Morgan fingerprint density at radius 2 is 1.04 bits per heavy atom. The van der Waals surface area contributed by atoms with Crippen molar-refractivity contribution in [3.05, 3.63) is 176 Å². The summed E-state index contributed by atoms with van der Waals surface area (Å²) in [7, 11) is 0. The van der Waals surface area contributed by atoms with Crippen LogP contribution >= 0.6 is 11.3 Å². The van der Waals surface area contributed by atoms with Gasteiger partial charge in [-0.1, -0.05) is 121 Å². The van der Waals surface area contributed by atoms with Crippen LogP contribution in [0.25, 0.3) is 75.1 Å². The molecule has 0 bridgehead atoms. The predicted octanol–water partition coefficient (Wildman–Crippen LogP) is 13.9. The number of fused-ring (bicyclic) bond motifs is 7. The van der Waals surface area contributed by atoms with E-state index in [0.29, 0.717) is 0 Å². The lowest BCUT2D eigenvalue weighted by atomic mass is 9.94. The van der Waals surface area contributed by atoms with E-state index in [0.717, 1.165) is 39.0 Å². The van der Waals surface area contributed by atoms with Crippen LogP contribution in [0.1, 0.15) is 0 Å². The molecule has 0 saturated heterocycles. The van der Waals surface area contributed by atoms with Crippen LogP contribution in [0.15, 0.2) is 180 Å². The van der Waals surface area contributed by atoms with Gasteiger partial charge in [-0.15, -0.1) is 11.3 Å². The van der Waals surface area contributed by atoms with Crippen molar-refractivity contribution >= 4 is 81.3 Å². The molecule has 8 aromatic carbocycles. The highest BCUT2D eigenvalue weighted by Crippen LogP contribution is 2.48. The Morgan fingerprint density at radius 3 is 1.98 bits per heavy atom. The minimum absolute atomic E-state index is 0.889. The monoisotopic (exact) mass is 643 g/mol. The molecular formula is C46H29NOS. The first-order valence-electron chi connectivity index (χ1n) is 16.6. The Kier molecular flexibility index (Phi) is 6.39. The van der Waals surface area contributed by atoms with Crippen molar-refractivity contribution in [1.82, 2.24) is 0 Å². The highest BCUT2D eigenvalue weighted by molar-refractivity contribution is 7.26. The average Bonchev–Trinajstić information content (AvgIpc) is 3.74. The van der Waals surface area contributed by atoms with Gasteiger partial charge >= 0.3 is 0 Å². The summed E-state index contributed by atoms with van der Waals surface area (Å²) in [6, 6.07) is 63.4. The van der Waals surface area contributed by atoms with Crippen LogP contribution < -0.4 is 4.90 Å². The molecule has 0 saturated carbocycles. The lowest BCUT2D eigenvalue weighted by molar-refractivity contribution is 0.669. The third kappa shape index (κ3) is 4.55. The van der Waals surface area contributed by atoms with Crippen molar-refractivity contribution < 1.29 is 4.42 Å². The topological polar surface area (TPSA) is 16.4 Å². The fourth-order valence-corrected chi connectivity index (χ4v) is 8.57. The Balaban J connectivity index is 1.23. The van der Waals surface area contributed by atoms with Gasteiger partial charge in [0.05, 0.1) is 11.4 Å². The van der Waals surface area contributed by atoms with E-state index in [4.69, 9.17) is 4.42 Å². The Morgan fingerprint density at radius 1 is 0.408 bits per heavy atom. The molecule has 0 aliphatic rings. The Labute approximate surface area is 287 Å². The molecule has 0 atom stereocenters. The predicted molar refractivity (Wildman–Crippen MR) is 210 cm³/mol. The van der Waals surface area contributed by atoms with E-state index in [1.807, 2.05) is 23.5 Å². The second-order valence-electron chi connectivity index (χ2n) is 12.5. The summed E-state index contributed by atoms with van der Waals surface area (Å²) in [6.07, 6.45) is 0. The molecule has 2 aromatic heterocycles. The van der Waals surface area contributed by atoms with Crippen molar-refractivity contribution in [3.63, 3.8) is 0 Å². The highest BCUT2D eigenvalue weighted by atomic mass is 32.1. The maximum absolute atomic E-state index is 6.28. The molecule has 230 valence electrons. The second-order valence-corrected chi connectivity index (χ2v) is 13.6. The van der Waals surface area contributed by atoms with Crippen LogP contribution in [-0.2, 0) is 0 Å². The molecule has 0 fully saturated rings. The zero-order chi connectivity index (χ0) is 32.3. The average molecular weight is 644 g/mol. The third-order valence-corrected chi connectivity index (χ3v) is 10.8. The number of para-hydroxylation sites is 2. The number of furan rings is 1. The van der Waals surface area contributed by atoms with Crippen LogP contribution in [0.5, 0.6) is 0 Å². The summed E-state index contributed by atoms with van der Waals surface area (Å²) in [5.74, 6) is 0. The van der Waals surface area contributed by atoms with Crippen LogP contribution in [0.2, 0.25) is 0 Å². The molecule has 10 aromatic rings. The van der Waals surface area contributed by atoms with Gasteiger partial charge in [-0.2, -0.15) is 0 Å². The van der Waals surface area contributed by atoms with E-state index < -0.39 is 0 Å². The zero-order valence-corrected chi connectivity index (χ0v) is 27.3. The van der Waals surface area contributed by atoms with Crippen molar-refractivity contribution in [2.24, 2.45) is 0 Å². The molecule has 0 aliphatic heterocycles. The van der Waals surface area contributed by atoms with Gasteiger partial charge < -0.3 is 9.32 Å². The van der Waals surface area contributed by atoms with Gasteiger partial charge in [0.15, 0.2) is 0 Å². The van der Waals surface area contributed by atoms with Gasteiger partial charge in [-0.25, -0.2) is 0 Å². The molecule has 3 heteroatoms. The van der Waals surface area contributed by atoms with Crippen LogP contribution in [0, 0.1) is 0 Å². The molecule has 2 nitrogen and oxygen atoms in total. The third-order valence-electron chi connectivity index (χ3n) is 9.66. The highest BCUT2D eigenvalue weighted by Gasteiger charge is 2.22. The molecule has 0 N–H and O–H groups in total. The summed E-state index contributed by atoms with van der Waals surface area (Å²) in [4.78, 5) is 2.45. The number of nitrogens with zero attached hydrogens (tertiary/aromatic N) is 1. The molecule has 49 heavy (non-hydrogen) atoms. The number of benzene rings is 8. The van der Waals surface area contributed by atoms with Crippen LogP contribution in [-0.4, -0.2) is 0 Å². The molecule has 0 radical (unpaired) electrons. The molecule has 0 amide bonds. The number of hydrogen-bond donors (Lipinski definition) is 0. The van der Waals surface area contributed by atoms with Crippen molar-refractivity contribution in [2.45, 2.75) is 0 Å². The maximum atomic E-state index is 6.28. The van der Waals surface area contributed by atoms with Gasteiger partial charge in [0, 0.05) is 42.2 Å². The van der Waals surface area contributed by atoms with Gasteiger partial charge in [0.25, 0.3) is 0 Å². The minimum atomic E-state index is 0.889. The first-order chi connectivity index (χ1) is 24.3. The van der Waals surface area contributed by atoms with Gasteiger partial charge in [0.2, 0.25) is 0 Å². The minimum Gasteiger partial charge on any atom is -0.456 e. The Hall–Kier alpha value is -6.16. The second kappa shape index (κ2) is 11.2. The molecule has 2 heterocycles. The van der Waals surface area contributed by atoms with Gasteiger partial charge in [0.1, 0.15) is 11.2 Å². The van der Waals surface area contributed by atoms with E-state index in [1.165, 1.54) is 53.2 Å². The van der Waals surface area contributed by atoms with E-state index in [9.17, 15) is 0 Å². The van der Waals surface area contributed by atoms with Gasteiger partial charge in [-0.05, 0) is 82.1 Å². The zero-order valence-electron chi connectivity index (χ0n) is 26.5. The summed E-state index contributed by atoms with van der Waals surface area (Å²) in [5.41, 5.74) is 9.92. The fraction of sp³-hybridized carbons (Fsp3) is 0. The van der Waals surface area contributed by atoms with Crippen molar-refractivity contribution in [1.29, 1.82) is 0 Å². The Bertz CT molecular complexity index is 2850. The fourth-order valence-electron chi connectivity index (χ4n) is 7.45. The van der Waals surface area contributed by atoms with E-state index in [1.54, 1.807) is 0 Å². The van der Waals surface area contributed by atoms with E-state index >= 15 is 0 Å². The van der Waals surface area contributed by atoms with Crippen molar-refractivity contribution in [2.75, 3.05) is 4.90 Å². The molecule has 0 spiro atoms. The molecule has 0 aliphatic carbocycles. The van der Waals surface area contributed by atoms with E-state index in [-0.39, 0.29) is 0 Å². The number of anilines is 3. The van der Waals surface area contributed by atoms with Crippen LogP contribution in [0.3, 0.4) is 0 Å². The van der Waals surface area contributed by atoms with E-state index in [2.05, 4.69) is 169 Å². The number of hydrogen-bond acceptors (Lipinski definition) is 3. The van der Waals surface area contributed by atoms with Crippen LogP contribution in [0.4, 0.5) is 17.1 Å². The number of rotatable bonds is 5. The summed E-state index contributed by atoms with van der Waals surface area (Å²) >= 11 is 1.85. The first-order valence-corrected chi connectivity index (χ1v) is 17.4.